The molecule has 1 N–H and O–H groups in total. The molecule has 0 aromatic heterocycles. The maximum absolute atomic E-state index is 12.5. The number of hydrazone groups is 1. The van der Waals surface area contributed by atoms with Crippen LogP contribution in [-0.4, -0.2) is 27.0 Å². The molecule has 0 spiro atoms. The van der Waals surface area contributed by atoms with Crippen LogP contribution in [0.3, 0.4) is 0 Å². The maximum atomic E-state index is 12.5. The fourth-order valence-corrected chi connectivity index (χ4v) is 4.14. The van der Waals surface area contributed by atoms with Crippen molar-refractivity contribution in [3.05, 3.63) is 71.3 Å². The number of amidine groups is 2. The average molecular weight is 419 g/mol. The molecule has 152 valence electrons. The number of aliphatic imine (C=N–C) groups is 1. The lowest BCUT2D eigenvalue weighted by Crippen LogP contribution is -2.35. The van der Waals surface area contributed by atoms with E-state index >= 15 is 0 Å². The molecular weight excluding hydrogens is 396 g/mol. The zero-order valence-corrected chi connectivity index (χ0v) is 17.6. The third kappa shape index (κ3) is 4.21. The summed E-state index contributed by atoms with van der Waals surface area (Å²) in [5.74, 6) is 0.384. The Kier molecular flexibility index (Phi) is 5.81. The third-order valence-corrected chi connectivity index (χ3v) is 5.70. The number of hydrogen-bond acceptors (Lipinski definition) is 5. The lowest BCUT2D eigenvalue weighted by atomic mass is 10.1. The fourth-order valence-electron chi connectivity index (χ4n) is 3.15. The van der Waals surface area contributed by atoms with Crippen LogP contribution in [0.25, 0.3) is 6.08 Å². The number of benzene rings is 2. The van der Waals surface area contributed by atoms with Crippen molar-refractivity contribution in [1.29, 1.82) is 5.41 Å². The molecule has 0 radical (unpaired) electrons. The van der Waals surface area contributed by atoms with Gasteiger partial charge in [-0.15, -0.1) is 0 Å². The van der Waals surface area contributed by atoms with E-state index in [9.17, 15) is 4.79 Å². The van der Waals surface area contributed by atoms with Crippen molar-refractivity contribution in [2.75, 3.05) is 0 Å². The summed E-state index contributed by atoms with van der Waals surface area (Å²) in [4.78, 5) is 16.6. The van der Waals surface area contributed by atoms with Crippen LogP contribution in [0.15, 0.2) is 70.3 Å². The highest BCUT2D eigenvalue weighted by Crippen LogP contribution is 2.30. The zero-order chi connectivity index (χ0) is 21.1. The highest BCUT2D eigenvalue weighted by Gasteiger charge is 2.35. The molecule has 2 aliphatic rings. The van der Waals surface area contributed by atoms with Gasteiger partial charge in [-0.1, -0.05) is 49.4 Å². The van der Waals surface area contributed by atoms with E-state index in [0.29, 0.717) is 5.17 Å². The Morgan fingerprint density at radius 3 is 2.60 bits per heavy atom. The Labute approximate surface area is 179 Å². The second-order valence-corrected chi connectivity index (χ2v) is 8.04. The molecule has 0 aliphatic carbocycles. The van der Waals surface area contributed by atoms with Crippen LogP contribution in [-0.2, 0) is 4.79 Å². The van der Waals surface area contributed by atoms with Gasteiger partial charge in [-0.05, 0) is 60.9 Å². The summed E-state index contributed by atoms with van der Waals surface area (Å²) in [6.07, 6.45) is 3.37. The summed E-state index contributed by atoms with van der Waals surface area (Å²) >= 11 is 1.36. The number of thioether (sulfide) groups is 1. The normalized spacial score (nSPS) is 18.2. The molecular formula is C23H22N4O2S. The van der Waals surface area contributed by atoms with Crippen molar-refractivity contribution in [2.24, 2.45) is 10.1 Å². The number of nitrogens with one attached hydrogen (secondary N) is 1. The predicted octanol–water partition coefficient (Wildman–Crippen LogP) is 5.25. The lowest BCUT2D eigenvalue weighted by molar-refractivity contribution is -0.114. The minimum Gasteiger partial charge on any atom is -0.486 e. The van der Waals surface area contributed by atoms with Gasteiger partial charge in [0.2, 0.25) is 5.17 Å². The van der Waals surface area contributed by atoms with Gasteiger partial charge in [0, 0.05) is 0 Å². The second-order valence-electron chi connectivity index (χ2n) is 7.00. The zero-order valence-electron chi connectivity index (χ0n) is 16.8. The van der Waals surface area contributed by atoms with Crippen molar-refractivity contribution >= 4 is 39.8 Å². The third-order valence-electron chi connectivity index (χ3n) is 4.73. The molecule has 0 saturated carbocycles. The molecule has 1 amide bonds. The summed E-state index contributed by atoms with van der Waals surface area (Å²) < 4.78 is 6.00. The Hall–Kier alpha value is -3.19. The van der Waals surface area contributed by atoms with Gasteiger partial charge < -0.3 is 4.74 Å². The topological polar surface area (TPSA) is 78.1 Å². The van der Waals surface area contributed by atoms with Crippen molar-refractivity contribution < 1.29 is 9.53 Å². The minimum atomic E-state index is -0.412. The molecule has 2 heterocycles. The first-order valence-electron chi connectivity index (χ1n) is 9.86. The summed E-state index contributed by atoms with van der Waals surface area (Å²) in [6.45, 7) is 4.07. The number of carbonyl (C=O) groups excluding carboxylic acids is 1. The van der Waals surface area contributed by atoms with Crippen LogP contribution in [0.1, 0.15) is 43.9 Å². The van der Waals surface area contributed by atoms with Crippen LogP contribution in [0, 0.1) is 5.41 Å². The SMILES string of the molecule is CCCC1=NN2C(=N)/C(=C/c3ccc(OC(C)c4ccccc4)cc3)C(=O)N=C2S1. The standard InChI is InChI=1S/C23H22N4O2S/c1-3-7-20-26-27-21(24)19(22(28)25-23(27)30-20)14-16-10-12-18(13-11-16)29-15(2)17-8-5-4-6-9-17/h4-6,8-15,24H,3,7H2,1-2H3/b19-14-,24-21?. The van der Waals surface area contributed by atoms with E-state index < -0.39 is 5.91 Å². The van der Waals surface area contributed by atoms with Gasteiger partial charge in [0.1, 0.15) is 16.9 Å². The van der Waals surface area contributed by atoms with Crippen molar-refractivity contribution in [3.8, 4) is 5.75 Å². The molecule has 0 saturated heterocycles. The Morgan fingerprint density at radius 1 is 1.17 bits per heavy atom. The number of carbonyl (C=O) groups is 1. The van der Waals surface area contributed by atoms with E-state index in [0.717, 1.165) is 34.8 Å². The van der Waals surface area contributed by atoms with Gasteiger partial charge in [0.15, 0.2) is 5.84 Å². The Morgan fingerprint density at radius 2 is 1.90 bits per heavy atom. The van der Waals surface area contributed by atoms with Crippen molar-refractivity contribution in [3.63, 3.8) is 0 Å². The van der Waals surface area contributed by atoms with E-state index in [2.05, 4.69) is 17.0 Å². The van der Waals surface area contributed by atoms with E-state index in [1.165, 1.54) is 16.8 Å². The van der Waals surface area contributed by atoms with Crippen LogP contribution in [0.2, 0.25) is 0 Å². The molecule has 2 aromatic rings. The van der Waals surface area contributed by atoms with Crippen molar-refractivity contribution in [1.82, 2.24) is 5.01 Å². The Balaban J connectivity index is 1.50. The van der Waals surface area contributed by atoms with E-state index in [1.807, 2.05) is 61.5 Å². The highest BCUT2D eigenvalue weighted by atomic mass is 32.2. The van der Waals surface area contributed by atoms with E-state index in [1.54, 1.807) is 6.08 Å². The lowest BCUT2D eigenvalue weighted by Gasteiger charge is -2.20. The molecule has 1 atom stereocenters. The molecule has 6 nitrogen and oxygen atoms in total. The number of hydrogen-bond donors (Lipinski definition) is 1. The molecule has 0 bridgehead atoms. The molecule has 7 heteroatoms. The van der Waals surface area contributed by atoms with Gasteiger partial charge in [-0.2, -0.15) is 15.1 Å². The van der Waals surface area contributed by atoms with Crippen LogP contribution < -0.4 is 4.74 Å². The first kappa shape index (κ1) is 20.1. The summed E-state index contributed by atoms with van der Waals surface area (Å²) in [5, 5.41) is 15.6. The maximum Gasteiger partial charge on any atom is 0.283 e. The first-order chi connectivity index (χ1) is 14.5. The van der Waals surface area contributed by atoms with Crippen LogP contribution in [0.4, 0.5) is 0 Å². The quantitative estimate of drug-likeness (QED) is 0.650. The molecule has 4 rings (SSSR count). The van der Waals surface area contributed by atoms with Gasteiger partial charge >= 0.3 is 0 Å². The second kappa shape index (κ2) is 8.67. The van der Waals surface area contributed by atoms with Gasteiger partial charge in [-0.25, -0.2) is 0 Å². The number of ether oxygens (including phenoxy) is 1. The number of rotatable bonds is 6. The fraction of sp³-hybridized carbons (Fsp3) is 0.217. The molecule has 2 aromatic carbocycles. The smallest absolute Gasteiger partial charge is 0.283 e. The molecule has 0 fully saturated rings. The Bertz CT molecular complexity index is 1060. The average Bonchev–Trinajstić information content (AvgIpc) is 3.16. The van der Waals surface area contributed by atoms with Crippen LogP contribution >= 0.6 is 11.8 Å². The predicted molar refractivity (Wildman–Crippen MR) is 122 cm³/mol. The summed E-state index contributed by atoms with van der Waals surface area (Å²) in [6, 6.07) is 17.5. The first-order valence-corrected chi connectivity index (χ1v) is 10.7. The number of fused-ring (bicyclic) bond motifs is 1. The van der Waals surface area contributed by atoms with Gasteiger partial charge in [-0.3, -0.25) is 10.2 Å². The van der Waals surface area contributed by atoms with Gasteiger partial charge in [0.05, 0.1) is 5.57 Å². The van der Waals surface area contributed by atoms with E-state index in [4.69, 9.17) is 10.1 Å². The van der Waals surface area contributed by atoms with Gasteiger partial charge in [0.25, 0.3) is 5.91 Å². The number of nitrogens with zero attached hydrogens (tertiary/aromatic N) is 3. The minimum absolute atomic E-state index is 0.0571. The molecule has 30 heavy (non-hydrogen) atoms. The van der Waals surface area contributed by atoms with Crippen molar-refractivity contribution in [2.45, 2.75) is 32.8 Å². The monoisotopic (exact) mass is 418 g/mol. The molecule has 2 aliphatic heterocycles. The summed E-state index contributed by atoms with van der Waals surface area (Å²) in [5.41, 5.74) is 2.13. The van der Waals surface area contributed by atoms with Crippen LogP contribution in [0.5, 0.6) is 5.75 Å². The molecule has 1 unspecified atom stereocenters. The number of amides is 1. The summed E-state index contributed by atoms with van der Waals surface area (Å²) in [7, 11) is 0. The largest absolute Gasteiger partial charge is 0.486 e. The van der Waals surface area contributed by atoms with E-state index in [-0.39, 0.29) is 17.5 Å². The highest BCUT2D eigenvalue weighted by molar-refractivity contribution is 8.26.